The summed E-state index contributed by atoms with van der Waals surface area (Å²) >= 11 is 0. The first-order valence-electron chi connectivity index (χ1n) is 6.18. The van der Waals surface area contributed by atoms with Crippen LogP contribution in [0.15, 0.2) is 24.5 Å². The molecule has 0 amide bonds. The maximum absolute atomic E-state index is 10.8. The van der Waals surface area contributed by atoms with E-state index < -0.39 is 5.97 Å². The first kappa shape index (κ1) is 13.0. The monoisotopic (exact) mass is 250 g/mol. The van der Waals surface area contributed by atoms with Crippen LogP contribution in [0, 0.1) is 0 Å². The lowest BCUT2D eigenvalue weighted by molar-refractivity contribution is -0.140. The van der Waals surface area contributed by atoms with Crippen molar-refractivity contribution in [3.8, 4) is 0 Å². The molecule has 1 aromatic heterocycles. The fourth-order valence-electron chi connectivity index (χ4n) is 2.19. The summed E-state index contributed by atoms with van der Waals surface area (Å²) in [6.07, 6.45) is 4.65. The Bertz CT molecular complexity index is 383. The Kier molecular flexibility index (Phi) is 4.66. The number of aromatic nitrogens is 1. The predicted octanol–water partition coefficient (Wildman–Crippen LogP) is 0.800. The van der Waals surface area contributed by atoms with Gasteiger partial charge in [0.05, 0.1) is 19.6 Å². The molecule has 98 valence electrons. The van der Waals surface area contributed by atoms with Gasteiger partial charge >= 0.3 is 5.97 Å². The Morgan fingerprint density at radius 2 is 2.50 bits per heavy atom. The molecule has 0 spiro atoms. The van der Waals surface area contributed by atoms with E-state index in [9.17, 15) is 4.79 Å². The SMILES string of the molecule is O=C(O)CC1COCCN1CCc1cccnc1. The van der Waals surface area contributed by atoms with Gasteiger partial charge in [-0.05, 0) is 18.1 Å². The normalized spacial score (nSPS) is 20.8. The van der Waals surface area contributed by atoms with Crippen molar-refractivity contribution in [2.75, 3.05) is 26.3 Å². The smallest absolute Gasteiger partial charge is 0.305 e. The van der Waals surface area contributed by atoms with Gasteiger partial charge in [0, 0.05) is 31.5 Å². The quantitative estimate of drug-likeness (QED) is 0.837. The van der Waals surface area contributed by atoms with E-state index in [1.807, 2.05) is 18.3 Å². The van der Waals surface area contributed by atoms with Gasteiger partial charge in [-0.1, -0.05) is 6.07 Å². The molecule has 1 aromatic rings. The van der Waals surface area contributed by atoms with Crippen LogP contribution in [-0.4, -0.2) is 53.3 Å². The molecule has 5 nitrogen and oxygen atoms in total. The first-order chi connectivity index (χ1) is 8.75. The number of morpholine rings is 1. The van der Waals surface area contributed by atoms with E-state index in [1.165, 1.54) is 5.56 Å². The van der Waals surface area contributed by atoms with Gasteiger partial charge in [0.25, 0.3) is 0 Å². The van der Waals surface area contributed by atoms with Crippen LogP contribution in [0.3, 0.4) is 0 Å². The third-order valence-corrected chi connectivity index (χ3v) is 3.17. The number of carbonyl (C=O) groups is 1. The van der Waals surface area contributed by atoms with Gasteiger partial charge in [0.15, 0.2) is 0 Å². The zero-order chi connectivity index (χ0) is 12.8. The summed E-state index contributed by atoms with van der Waals surface area (Å²) in [6, 6.07) is 3.95. The topological polar surface area (TPSA) is 62.7 Å². The molecule has 1 saturated heterocycles. The minimum Gasteiger partial charge on any atom is -0.481 e. The maximum Gasteiger partial charge on any atom is 0.305 e. The molecular weight excluding hydrogens is 232 g/mol. The number of hydrogen-bond donors (Lipinski definition) is 1. The van der Waals surface area contributed by atoms with Gasteiger partial charge in [0.1, 0.15) is 0 Å². The lowest BCUT2D eigenvalue weighted by Gasteiger charge is -2.34. The second kappa shape index (κ2) is 6.47. The van der Waals surface area contributed by atoms with Gasteiger partial charge in [-0.2, -0.15) is 0 Å². The van der Waals surface area contributed by atoms with Crippen LogP contribution in [-0.2, 0) is 16.0 Å². The van der Waals surface area contributed by atoms with E-state index in [-0.39, 0.29) is 12.5 Å². The van der Waals surface area contributed by atoms with E-state index in [0.29, 0.717) is 13.2 Å². The Balaban J connectivity index is 1.87. The lowest BCUT2D eigenvalue weighted by atomic mass is 10.1. The van der Waals surface area contributed by atoms with Gasteiger partial charge in [-0.25, -0.2) is 0 Å². The van der Waals surface area contributed by atoms with Crippen LogP contribution in [0.5, 0.6) is 0 Å². The van der Waals surface area contributed by atoms with Crippen LogP contribution in [0.25, 0.3) is 0 Å². The van der Waals surface area contributed by atoms with Crippen molar-refractivity contribution in [3.05, 3.63) is 30.1 Å². The average Bonchev–Trinajstić information content (AvgIpc) is 2.38. The molecule has 0 radical (unpaired) electrons. The number of carboxylic acids is 1. The molecule has 1 fully saturated rings. The number of hydrogen-bond acceptors (Lipinski definition) is 4. The number of nitrogens with zero attached hydrogens (tertiary/aromatic N) is 2. The molecule has 1 aliphatic heterocycles. The molecule has 0 aromatic carbocycles. The Labute approximate surface area is 106 Å². The molecule has 18 heavy (non-hydrogen) atoms. The maximum atomic E-state index is 10.8. The van der Waals surface area contributed by atoms with Crippen LogP contribution >= 0.6 is 0 Å². The molecule has 0 aliphatic carbocycles. The summed E-state index contributed by atoms with van der Waals surface area (Å²) in [7, 11) is 0. The number of carboxylic acid groups (broad SMARTS) is 1. The Hall–Kier alpha value is -1.46. The highest BCUT2D eigenvalue weighted by Crippen LogP contribution is 2.11. The zero-order valence-corrected chi connectivity index (χ0v) is 10.3. The fraction of sp³-hybridized carbons (Fsp3) is 0.538. The van der Waals surface area contributed by atoms with Gasteiger partial charge in [-0.3, -0.25) is 14.7 Å². The van der Waals surface area contributed by atoms with Crippen molar-refractivity contribution in [2.24, 2.45) is 0 Å². The van der Waals surface area contributed by atoms with Crippen LogP contribution in [0.2, 0.25) is 0 Å². The Morgan fingerprint density at radius 3 is 3.22 bits per heavy atom. The van der Waals surface area contributed by atoms with E-state index in [1.54, 1.807) is 6.20 Å². The summed E-state index contributed by atoms with van der Waals surface area (Å²) in [5.41, 5.74) is 1.18. The standard InChI is InChI=1S/C13H18N2O3/c16-13(17)8-12-10-18-7-6-15(12)5-3-11-2-1-4-14-9-11/h1-2,4,9,12H,3,5-8,10H2,(H,16,17). The van der Waals surface area contributed by atoms with Gasteiger partial charge in [-0.15, -0.1) is 0 Å². The number of pyridine rings is 1. The van der Waals surface area contributed by atoms with Gasteiger partial charge < -0.3 is 9.84 Å². The highest BCUT2D eigenvalue weighted by Gasteiger charge is 2.24. The third kappa shape index (κ3) is 3.78. The second-order valence-electron chi connectivity index (χ2n) is 4.47. The molecule has 1 aliphatic rings. The largest absolute Gasteiger partial charge is 0.481 e. The summed E-state index contributed by atoms with van der Waals surface area (Å²) < 4.78 is 5.35. The number of ether oxygens (including phenoxy) is 1. The second-order valence-corrected chi connectivity index (χ2v) is 4.47. The number of rotatable bonds is 5. The Morgan fingerprint density at radius 1 is 1.61 bits per heavy atom. The van der Waals surface area contributed by atoms with E-state index in [0.717, 1.165) is 19.5 Å². The summed E-state index contributed by atoms with van der Waals surface area (Å²) in [5.74, 6) is -0.767. The van der Waals surface area contributed by atoms with Crippen LogP contribution in [0.4, 0.5) is 0 Å². The summed E-state index contributed by atoms with van der Waals surface area (Å²) in [5, 5.41) is 8.88. The molecule has 2 rings (SSSR count). The fourth-order valence-corrected chi connectivity index (χ4v) is 2.19. The van der Waals surface area contributed by atoms with Crippen molar-refractivity contribution >= 4 is 5.97 Å². The summed E-state index contributed by atoms with van der Waals surface area (Å²) in [6.45, 7) is 2.85. The van der Waals surface area contributed by atoms with Crippen molar-refractivity contribution in [3.63, 3.8) is 0 Å². The van der Waals surface area contributed by atoms with Crippen molar-refractivity contribution in [1.82, 2.24) is 9.88 Å². The predicted molar refractivity (Wildman–Crippen MR) is 66.4 cm³/mol. The van der Waals surface area contributed by atoms with E-state index in [4.69, 9.17) is 9.84 Å². The molecule has 0 bridgehead atoms. The minimum atomic E-state index is -0.767. The van der Waals surface area contributed by atoms with E-state index in [2.05, 4.69) is 9.88 Å². The molecule has 1 atom stereocenters. The van der Waals surface area contributed by atoms with Crippen molar-refractivity contribution in [2.45, 2.75) is 18.9 Å². The molecular formula is C13H18N2O3. The molecule has 1 N–H and O–H groups in total. The average molecular weight is 250 g/mol. The third-order valence-electron chi connectivity index (χ3n) is 3.17. The first-order valence-corrected chi connectivity index (χ1v) is 6.18. The highest BCUT2D eigenvalue weighted by atomic mass is 16.5. The summed E-state index contributed by atoms with van der Waals surface area (Å²) in [4.78, 5) is 17.1. The molecule has 2 heterocycles. The number of aliphatic carboxylic acids is 1. The molecule has 0 saturated carbocycles. The molecule has 5 heteroatoms. The minimum absolute atomic E-state index is 0.00655. The highest BCUT2D eigenvalue weighted by molar-refractivity contribution is 5.67. The van der Waals surface area contributed by atoms with E-state index >= 15 is 0 Å². The van der Waals surface area contributed by atoms with Crippen LogP contribution in [0.1, 0.15) is 12.0 Å². The zero-order valence-electron chi connectivity index (χ0n) is 10.3. The van der Waals surface area contributed by atoms with Crippen molar-refractivity contribution < 1.29 is 14.6 Å². The van der Waals surface area contributed by atoms with Crippen molar-refractivity contribution in [1.29, 1.82) is 0 Å². The van der Waals surface area contributed by atoms with Crippen LogP contribution < -0.4 is 0 Å². The molecule has 1 unspecified atom stereocenters. The van der Waals surface area contributed by atoms with Gasteiger partial charge in [0.2, 0.25) is 0 Å². The lowest BCUT2D eigenvalue weighted by Crippen LogP contribution is -2.47.